The van der Waals surface area contributed by atoms with E-state index in [4.69, 9.17) is 9.15 Å². The van der Waals surface area contributed by atoms with Gasteiger partial charge in [-0.3, -0.25) is 9.59 Å². The Balaban J connectivity index is 1.84. The second kappa shape index (κ2) is 5.88. The molecule has 9 nitrogen and oxygen atoms in total. The fraction of sp³-hybridized carbons (Fsp3) is 0.632. The van der Waals surface area contributed by atoms with E-state index in [0.29, 0.717) is 5.56 Å². The molecule has 7 atom stereocenters. The lowest BCUT2D eigenvalue weighted by atomic mass is 9.45. The van der Waals surface area contributed by atoms with E-state index in [0.717, 1.165) is 0 Å². The average molecular weight is 394 g/mol. The topological polar surface area (TPSA) is 154 Å². The number of ether oxygens (including phenoxy) is 1. The molecule has 9 heteroatoms. The summed E-state index contributed by atoms with van der Waals surface area (Å²) >= 11 is 0. The molecule has 1 saturated heterocycles. The number of carboxylic acid groups (broad SMARTS) is 1. The maximum atomic E-state index is 12.9. The van der Waals surface area contributed by atoms with Crippen molar-refractivity contribution in [2.45, 2.75) is 56.0 Å². The smallest absolute Gasteiger partial charge is 0.339 e. The summed E-state index contributed by atoms with van der Waals surface area (Å²) in [6, 6.07) is 1.60. The van der Waals surface area contributed by atoms with Gasteiger partial charge in [-0.25, -0.2) is 4.79 Å². The summed E-state index contributed by atoms with van der Waals surface area (Å²) < 4.78 is 10.4. The minimum Gasteiger partial charge on any atom is -0.481 e. The van der Waals surface area contributed by atoms with Crippen LogP contribution in [0.5, 0.6) is 0 Å². The van der Waals surface area contributed by atoms with Crippen LogP contribution in [0.4, 0.5) is 0 Å². The van der Waals surface area contributed by atoms with E-state index in [1.807, 2.05) is 0 Å². The van der Waals surface area contributed by atoms with Gasteiger partial charge in [0.15, 0.2) is 11.4 Å². The average Bonchev–Trinajstić information content (AvgIpc) is 3.14. The van der Waals surface area contributed by atoms with Gasteiger partial charge in [-0.05, 0) is 25.3 Å². The molecular weight excluding hydrogens is 372 g/mol. The van der Waals surface area contributed by atoms with Crippen molar-refractivity contribution in [1.82, 2.24) is 0 Å². The van der Waals surface area contributed by atoms with Gasteiger partial charge < -0.3 is 29.6 Å². The zero-order valence-electron chi connectivity index (χ0n) is 15.2. The van der Waals surface area contributed by atoms with Gasteiger partial charge in [0, 0.05) is 23.3 Å². The van der Waals surface area contributed by atoms with Crippen LogP contribution in [-0.4, -0.2) is 55.5 Å². The van der Waals surface area contributed by atoms with Gasteiger partial charge in [0.05, 0.1) is 24.5 Å². The summed E-state index contributed by atoms with van der Waals surface area (Å²) in [4.78, 5) is 37.4. The third-order valence-corrected chi connectivity index (χ3v) is 7.06. The number of aliphatic hydroxyl groups excluding tert-OH is 1. The molecule has 0 amide bonds. The third-order valence-electron chi connectivity index (χ3n) is 7.06. The summed E-state index contributed by atoms with van der Waals surface area (Å²) in [5.41, 5.74) is -5.36. The van der Waals surface area contributed by atoms with E-state index in [9.17, 15) is 34.8 Å². The molecule has 4 N–H and O–H groups in total. The number of carbonyl (C=O) groups is 3. The minimum absolute atomic E-state index is 0.0358. The molecular formula is C19H22O9. The molecule has 1 aliphatic heterocycles. The lowest BCUT2D eigenvalue weighted by Crippen LogP contribution is -2.75. The quantitative estimate of drug-likeness (QED) is 0.514. The zero-order chi connectivity index (χ0) is 20.5. The van der Waals surface area contributed by atoms with Crippen LogP contribution in [-0.2, 0) is 19.1 Å². The lowest BCUT2D eigenvalue weighted by Gasteiger charge is -2.62. The molecule has 28 heavy (non-hydrogen) atoms. The highest BCUT2D eigenvalue weighted by atomic mass is 16.6. The SMILES string of the molecule is C[C@@]12CC(c3ccoc3)OC(=O)[C@@]1(O)CC(=O)[C@]1(O)C(C(=O)O)CC(O)CC12. The Hall–Kier alpha value is -2.23. The number of aliphatic carboxylic acids is 1. The lowest BCUT2D eigenvalue weighted by molar-refractivity contribution is -0.264. The Morgan fingerprint density at radius 2 is 1.96 bits per heavy atom. The van der Waals surface area contributed by atoms with Crippen molar-refractivity contribution >= 4 is 17.7 Å². The number of hydrogen-bond acceptors (Lipinski definition) is 8. The van der Waals surface area contributed by atoms with Crippen LogP contribution >= 0.6 is 0 Å². The van der Waals surface area contributed by atoms with Crippen molar-refractivity contribution < 1.29 is 44.0 Å². The standard InChI is InChI=1S/C19H22O9/c1-17-6-12(9-2-3-27-8-9)28-16(24)18(17,25)7-14(21)19(26)11(15(22)23)4-10(20)5-13(17)19/h2-3,8,10-13,20,25-26H,4-7H2,1H3,(H,22,23)/t10?,11?,12?,13?,17-,18-,19-/m0/s1. The number of carbonyl (C=O) groups excluding carboxylic acids is 2. The molecule has 4 unspecified atom stereocenters. The van der Waals surface area contributed by atoms with Crippen LogP contribution in [0.25, 0.3) is 0 Å². The van der Waals surface area contributed by atoms with Gasteiger partial charge in [-0.15, -0.1) is 0 Å². The van der Waals surface area contributed by atoms with E-state index >= 15 is 0 Å². The van der Waals surface area contributed by atoms with Crippen LogP contribution in [0.15, 0.2) is 23.0 Å². The summed E-state index contributed by atoms with van der Waals surface area (Å²) in [5, 5.41) is 42.4. The summed E-state index contributed by atoms with van der Waals surface area (Å²) in [7, 11) is 0. The van der Waals surface area contributed by atoms with Crippen LogP contribution < -0.4 is 0 Å². The van der Waals surface area contributed by atoms with Gasteiger partial charge in [0.2, 0.25) is 0 Å². The Morgan fingerprint density at radius 3 is 2.57 bits per heavy atom. The van der Waals surface area contributed by atoms with E-state index in [2.05, 4.69) is 0 Å². The van der Waals surface area contributed by atoms with Crippen molar-refractivity contribution in [3.8, 4) is 0 Å². The zero-order valence-corrected chi connectivity index (χ0v) is 15.2. The molecule has 3 aliphatic rings. The Bertz CT molecular complexity index is 832. The Kier molecular flexibility index (Phi) is 4.01. The fourth-order valence-electron chi connectivity index (χ4n) is 5.44. The third kappa shape index (κ3) is 2.26. The first kappa shape index (κ1) is 19.1. The van der Waals surface area contributed by atoms with Crippen molar-refractivity contribution in [3.63, 3.8) is 0 Å². The second-order valence-corrected chi connectivity index (χ2v) is 8.43. The maximum Gasteiger partial charge on any atom is 0.339 e. The maximum absolute atomic E-state index is 12.9. The molecule has 2 aliphatic carbocycles. The van der Waals surface area contributed by atoms with E-state index in [1.165, 1.54) is 12.5 Å². The largest absolute Gasteiger partial charge is 0.481 e. The Labute approximate surface area is 159 Å². The summed E-state index contributed by atoms with van der Waals surface area (Å²) in [5.74, 6) is -6.00. The van der Waals surface area contributed by atoms with Crippen LogP contribution in [0.2, 0.25) is 0 Å². The van der Waals surface area contributed by atoms with Crippen LogP contribution in [0, 0.1) is 17.3 Å². The molecule has 0 radical (unpaired) electrons. The van der Waals surface area contributed by atoms with Gasteiger partial charge in [0.1, 0.15) is 11.7 Å². The number of fused-ring (bicyclic) bond motifs is 3. The first-order valence-corrected chi connectivity index (χ1v) is 9.16. The molecule has 0 aromatic carbocycles. The number of ketones is 1. The van der Waals surface area contributed by atoms with Crippen molar-refractivity contribution in [2.24, 2.45) is 17.3 Å². The van der Waals surface area contributed by atoms with Gasteiger partial charge in [-0.1, -0.05) is 6.92 Å². The first-order chi connectivity index (χ1) is 13.0. The van der Waals surface area contributed by atoms with Gasteiger partial charge in [0.25, 0.3) is 0 Å². The number of furan rings is 1. The molecule has 1 aromatic rings. The monoisotopic (exact) mass is 394 g/mol. The number of carboxylic acids is 1. The Morgan fingerprint density at radius 1 is 1.25 bits per heavy atom. The van der Waals surface area contributed by atoms with Gasteiger partial charge >= 0.3 is 11.9 Å². The predicted octanol–water partition coefficient (Wildman–Crippen LogP) is 0.181. The predicted molar refractivity (Wildman–Crippen MR) is 89.6 cm³/mol. The van der Waals surface area contributed by atoms with Gasteiger partial charge in [-0.2, -0.15) is 0 Å². The summed E-state index contributed by atoms with van der Waals surface area (Å²) in [6.07, 6.45) is -0.199. The van der Waals surface area contributed by atoms with Crippen molar-refractivity contribution in [3.05, 3.63) is 24.2 Å². The highest BCUT2D eigenvalue weighted by Crippen LogP contribution is 2.62. The molecule has 4 rings (SSSR count). The van der Waals surface area contributed by atoms with Crippen molar-refractivity contribution in [1.29, 1.82) is 0 Å². The highest BCUT2D eigenvalue weighted by molar-refractivity contribution is 5.99. The number of esters is 1. The second-order valence-electron chi connectivity index (χ2n) is 8.43. The van der Waals surface area contributed by atoms with E-state index in [-0.39, 0.29) is 19.3 Å². The number of rotatable bonds is 2. The molecule has 2 saturated carbocycles. The molecule has 152 valence electrons. The number of hydrogen-bond donors (Lipinski definition) is 4. The minimum atomic E-state index is -2.29. The normalized spacial score (nSPS) is 45.7. The number of cyclic esters (lactones) is 1. The van der Waals surface area contributed by atoms with Crippen LogP contribution in [0.1, 0.15) is 44.3 Å². The fourth-order valence-corrected chi connectivity index (χ4v) is 5.44. The van der Waals surface area contributed by atoms with E-state index < -0.39 is 64.8 Å². The molecule has 2 heterocycles. The number of Topliss-reactive ketones (excluding diaryl/α,β-unsaturated/α-hetero) is 1. The molecule has 3 fully saturated rings. The highest BCUT2D eigenvalue weighted by Gasteiger charge is 2.74. The first-order valence-electron chi connectivity index (χ1n) is 9.16. The van der Waals surface area contributed by atoms with Crippen LogP contribution in [0.3, 0.4) is 0 Å². The number of aliphatic hydroxyl groups is 3. The van der Waals surface area contributed by atoms with E-state index in [1.54, 1.807) is 13.0 Å². The summed E-state index contributed by atoms with van der Waals surface area (Å²) in [6.45, 7) is 1.54. The molecule has 0 bridgehead atoms. The van der Waals surface area contributed by atoms with Crippen molar-refractivity contribution in [2.75, 3.05) is 0 Å². The molecule has 0 spiro atoms. The molecule has 1 aromatic heterocycles.